The van der Waals surface area contributed by atoms with Crippen molar-refractivity contribution in [3.8, 4) is 5.75 Å². The minimum absolute atomic E-state index is 0.102. The predicted octanol–water partition coefficient (Wildman–Crippen LogP) is 3.09. The Morgan fingerprint density at radius 1 is 0.906 bits per heavy atom. The summed E-state index contributed by atoms with van der Waals surface area (Å²) < 4.78 is 36.6. The first-order valence-electron chi connectivity index (χ1n) is 10.6. The van der Waals surface area contributed by atoms with Gasteiger partial charge in [0, 0.05) is 38.3 Å². The van der Waals surface area contributed by atoms with Gasteiger partial charge in [0.15, 0.2) is 15.6 Å². The van der Waals surface area contributed by atoms with Gasteiger partial charge in [0.25, 0.3) is 5.91 Å². The van der Waals surface area contributed by atoms with Crippen LogP contribution in [0.15, 0.2) is 82.3 Å². The van der Waals surface area contributed by atoms with Crippen molar-refractivity contribution in [1.82, 2.24) is 9.80 Å². The highest BCUT2D eigenvalue weighted by Crippen LogP contribution is 2.21. The molecule has 1 aliphatic heterocycles. The highest BCUT2D eigenvalue weighted by Gasteiger charge is 2.28. The smallest absolute Gasteiger partial charge is 0.289 e. The second-order valence-electron chi connectivity index (χ2n) is 7.64. The molecule has 3 aromatic rings. The van der Waals surface area contributed by atoms with Gasteiger partial charge in [0.1, 0.15) is 12.4 Å². The van der Waals surface area contributed by atoms with Crippen molar-refractivity contribution in [2.24, 2.45) is 0 Å². The summed E-state index contributed by atoms with van der Waals surface area (Å²) in [5.41, 5.74) is 0.387. The molecule has 0 N–H and O–H groups in total. The molecule has 0 spiro atoms. The zero-order valence-electron chi connectivity index (χ0n) is 17.7. The molecule has 7 nitrogen and oxygen atoms in total. The first-order chi connectivity index (χ1) is 15.5. The standard InChI is InChI=1S/C24H26N2O5S/c27-24(23-20(11-17-31-23)19-32(28,29)22-9-5-2-6-10-22)26-14-12-25(13-15-26)16-18-30-21-7-3-1-4-8-21/h1-11,17H,12-16,18-19H2. The number of ether oxygens (including phenoxy) is 1. The molecule has 2 aromatic carbocycles. The molecule has 0 saturated carbocycles. The summed E-state index contributed by atoms with van der Waals surface area (Å²) in [6.45, 7) is 3.91. The van der Waals surface area contributed by atoms with Crippen molar-refractivity contribution < 1.29 is 22.4 Å². The first-order valence-corrected chi connectivity index (χ1v) is 12.2. The van der Waals surface area contributed by atoms with Crippen LogP contribution in [0.3, 0.4) is 0 Å². The molecule has 1 aliphatic rings. The second kappa shape index (κ2) is 10.0. The van der Waals surface area contributed by atoms with E-state index in [9.17, 15) is 13.2 Å². The van der Waals surface area contributed by atoms with Crippen LogP contribution in [0.5, 0.6) is 5.75 Å². The number of rotatable bonds is 8. The number of amides is 1. The minimum Gasteiger partial charge on any atom is -0.492 e. The van der Waals surface area contributed by atoms with Crippen molar-refractivity contribution in [2.45, 2.75) is 10.6 Å². The van der Waals surface area contributed by atoms with Crippen LogP contribution in [0, 0.1) is 0 Å². The van der Waals surface area contributed by atoms with Crippen LogP contribution in [0.25, 0.3) is 0 Å². The van der Waals surface area contributed by atoms with E-state index in [0.29, 0.717) is 25.3 Å². The maximum absolute atomic E-state index is 13.0. The number of carbonyl (C=O) groups is 1. The van der Waals surface area contributed by atoms with Crippen molar-refractivity contribution >= 4 is 15.7 Å². The van der Waals surface area contributed by atoms with E-state index in [-0.39, 0.29) is 22.3 Å². The number of hydrogen-bond acceptors (Lipinski definition) is 6. The lowest BCUT2D eigenvalue weighted by atomic mass is 10.2. The molecule has 168 valence electrons. The third-order valence-electron chi connectivity index (χ3n) is 5.47. The highest BCUT2D eigenvalue weighted by molar-refractivity contribution is 7.90. The van der Waals surface area contributed by atoms with Crippen LogP contribution in [0.4, 0.5) is 0 Å². The molecule has 8 heteroatoms. The van der Waals surface area contributed by atoms with Crippen LogP contribution in [-0.2, 0) is 15.6 Å². The van der Waals surface area contributed by atoms with E-state index < -0.39 is 9.84 Å². The summed E-state index contributed by atoms with van der Waals surface area (Å²) in [5, 5.41) is 0. The van der Waals surface area contributed by atoms with E-state index in [0.717, 1.165) is 25.4 Å². The lowest BCUT2D eigenvalue weighted by Crippen LogP contribution is -2.49. The van der Waals surface area contributed by atoms with Crippen LogP contribution in [-0.4, -0.2) is 63.5 Å². The molecule has 1 saturated heterocycles. The van der Waals surface area contributed by atoms with Crippen molar-refractivity contribution in [2.75, 3.05) is 39.3 Å². The second-order valence-corrected chi connectivity index (χ2v) is 9.63. The average Bonchev–Trinajstić information content (AvgIpc) is 3.28. The average molecular weight is 455 g/mol. The monoisotopic (exact) mass is 454 g/mol. The van der Waals surface area contributed by atoms with Crippen LogP contribution >= 0.6 is 0 Å². The van der Waals surface area contributed by atoms with Crippen LogP contribution in [0.1, 0.15) is 16.1 Å². The summed E-state index contributed by atoms with van der Waals surface area (Å²) in [5.74, 6) is 0.404. The van der Waals surface area contributed by atoms with Gasteiger partial charge in [-0.1, -0.05) is 36.4 Å². The van der Waals surface area contributed by atoms with Gasteiger partial charge < -0.3 is 14.1 Å². The molecule has 0 aliphatic carbocycles. The number of para-hydroxylation sites is 1. The molecule has 0 bridgehead atoms. The number of hydrogen-bond donors (Lipinski definition) is 0. The third kappa shape index (κ3) is 5.38. The van der Waals surface area contributed by atoms with Gasteiger partial charge in [-0.15, -0.1) is 0 Å². The van der Waals surface area contributed by atoms with E-state index in [2.05, 4.69) is 4.90 Å². The molecule has 2 heterocycles. The summed E-state index contributed by atoms with van der Waals surface area (Å²) in [7, 11) is -3.56. The van der Waals surface area contributed by atoms with E-state index in [4.69, 9.17) is 9.15 Å². The van der Waals surface area contributed by atoms with E-state index in [1.807, 2.05) is 30.3 Å². The number of piperazine rings is 1. The van der Waals surface area contributed by atoms with Gasteiger partial charge in [0.05, 0.1) is 16.9 Å². The Kier molecular flexibility index (Phi) is 6.92. The summed E-state index contributed by atoms with van der Waals surface area (Å²) in [4.78, 5) is 17.2. The van der Waals surface area contributed by atoms with E-state index in [1.165, 1.54) is 6.26 Å². The summed E-state index contributed by atoms with van der Waals surface area (Å²) in [6, 6.07) is 19.5. The Balaban J connectivity index is 1.31. The summed E-state index contributed by atoms with van der Waals surface area (Å²) in [6.07, 6.45) is 1.38. The van der Waals surface area contributed by atoms with E-state index >= 15 is 0 Å². The molecule has 32 heavy (non-hydrogen) atoms. The SMILES string of the molecule is O=C(c1occc1CS(=O)(=O)c1ccccc1)N1CCN(CCOc2ccccc2)CC1. The Bertz CT molecular complexity index is 1120. The lowest BCUT2D eigenvalue weighted by Gasteiger charge is -2.34. The van der Waals surface area contributed by atoms with E-state index in [1.54, 1.807) is 41.3 Å². The fourth-order valence-electron chi connectivity index (χ4n) is 3.68. The fraction of sp³-hybridized carbons (Fsp3) is 0.292. The molecule has 4 rings (SSSR count). The van der Waals surface area contributed by atoms with Crippen LogP contribution < -0.4 is 4.74 Å². The highest BCUT2D eigenvalue weighted by atomic mass is 32.2. The van der Waals surface area contributed by atoms with Gasteiger partial charge in [-0.3, -0.25) is 9.69 Å². The predicted molar refractivity (Wildman–Crippen MR) is 120 cm³/mol. The van der Waals surface area contributed by atoms with Gasteiger partial charge in [-0.05, 0) is 30.3 Å². The molecule has 0 unspecified atom stereocenters. The molecule has 0 radical (unpaired) electrons. The molecule has 1 aromatic heterocycles. The molecular formula is C24H26N2O5S. The van der Waals surface area contributed by atoms with Crippen molar-refractivity contribution in [3.05, 3.63) is 84.3 Å². The van der Waals surface area contributed by atoms with Gasteiger partial charge in [-0.2, -0.15) is 0 Å². The largest absolute Gasteiger partial charge is 0.492 e. The summed E-state index contributed by atoms with van der Waals surface area (Å²) >= 11 is 0. The third-order valence-corrected chi connectivity index (χ3v) is 7.15. The number of furan rings is 1. The Morgan fingerprint density at radius 3 is 2.25 bits per heavy atom. The van der Waals surface area contributed by atoms with Crippen molar-refractivity contribution in [1.29, 1.82) is 0 Å². The molecule has 1 fully saturated rings. The molecule has 0 atom stereocenters. The quantitative estimate of drug-likeness (QED) is 0.520. The maximum atomic E-state index is 13.0. The lowest BCUT2D eigenvalue weighted by molar-refractivity contribution is 0.0589. The van der Waals surface area contributed by atoms with Crippen molar-refractivity contribution in [3.63, 3.8) is 0 Å². The molecular weight excluding hydrogens is 428 g/mol. The Labute approximate surface area is 188 Å². The number of sulfone groups is 1. The number of nitrogens with zero attached hydrogens (tertiary/aromatic N) is 2. The Morgan fingerprint density at radius 2 is 1.56 bits per heavy atom. The minimum atomic E-state index is -3.56. The zero-order chi connectivity index (χ0) is 22.4. The normalized spacial score (nSPS) is 14.9. The van der Waals surface area contributed by atoms with Crippen LogP contribution in [0.2, 0.25) is 0 Å². The maximum Gasteiger partial charge on any atom is 0.289 e. The number of carbonyl (C=O) groups excluding carboxylic acids is 1. The van der Waals surface area contributed by atoms with Gasteiger partial charge >= 0.3 is 0 Å². The topological polar surface area (TPSA) is 80.1 Å². The molecule has 1 amide bonds. The Hall–Kier alpha value is -3.10. The first kappa shape index (κ1) is 22.1. The van der Waals surface area contributed by atoms with Gasteiger partial charge in [0.2, 0.25) is 0 Å². The number of benzene rings is 2. The zero-order valence-corrected chi connectivity index (χ0v) is 18.5. The van der Waals surface area contributed by atoms with Gasteiger partial charge in [-0.25, -0.2) is 8.42 Å². The fourth-order valence-corrected chi connectivity index (χ4v) is 5.06.